The number of aromatic nitrogens is 1. The predicted molar refractivity (Wildman–Crippen MR) is 78.0 cm³/mol. The molecule has 5 heteroatoms. The van der Waals surface area contributed by atoms with E-state index >= 15 is 0 Å². The van der Waals surface area contributed by atoms with Crippen molar-refractivity contribution in [3.8, 4) is 0 Å². The Labute approximate surface area is 124 Å². The Morgan fingerprint density at radius 1 is 1.29 bits per heavy atom. The normalized spacial score (nSPS) is 24.2. The first kappa shape index (κ1) is 14.5. The van der Waals surface area contributed by atoms with Crippen molar-refractivity contribution >= 4 is 5.97 Å². The largest absolute Gasteiger partial charge is 0.480 e. The minimum absolute atomic E-state index is 0.467. The number of hydrogen-bond acceptors (Lipinski definition) is 4. The van der Waals surface area contributed by atoms with Crippen LogP contribution in [0.3, 0.4) is 0 Å². The highest BCUT2D eigenvalue weighted by Crippen LogP contribution is 2.39. The molecule has 0 aromatic carbocycles. The van der Waals surface area contributed by atoms with Crippen molar-refractivity contribution in [2.45, 2.75) is 49.7 Å². The molecule has 2 aliphatic rings. The molecular weight excluding hydrogens is 268 g/mol. The standard InChI is InChI=1S/C16H22N2O3/c19-15(20)14(16(21)6-1-7-16)18-10-4-13(5-11-18)12-2-8-17-9-3-12/h2-3,8-9,13-14,21H,1,4-7,10-11H2,(H,19,20). The lowest BCUT2D eigenvalue weighted by atomic mass is 9.73. The van der Waals surface area contributed by atoms with Crippen LogP contribution in [0.5, 0.6) is 0 Å². The van der Waals surface area contributed by atoms with Crippen LogP contribution in [-0.4, -0.2) is 50.8 Å². The maximum absolute atomic E-state index is 11.6. The molecule has 1 aliphatic heterocycles. The lowest BCUT2D eigenvalue weighted by molar-refractivity contribution is -0.165. The Hall–Kier alpha value is -1.46. The summed E-state index contributed by atoms with van der Waals surface area (Å²) in [5.74, 6) is -0.422. The minimum Gasteiger partial charge on any atom is -0.480 e. The van der Waals surface area contributed by atoms with E-state index in [1.54, 1.807) is 12.4 Å². The van der Waals surface area contributed by atoms with Crippen LogP contribution >= 0.6 is 0 Å². The maximum Gasteiger partial charge on any atom is 0.323 e. The van der Waals surface area contributed by atoms with Gasteiger partial charge >= 0.3 is 5.97 Å². The van der Waals surface area contributed by atoms with Gasteiger partial charge in [-0.25, -0.2) is 0 Å². The van der Waals surface area contributed by atoms with Crippen LogP contribution in [0.2, 0.25) is 0 Å². The van der Waals surface area contributed by atoms with Gasteiger partial charge in [-0.3, -0.25) is 14.7 Å². The zero-order valence-electron chi connectivity index (χ0n) is 12.1. The van der Waals surface area contributed by atoms with Crippen LogP contribution in [0.15, 0.2) is 24.5 Å². The molecule has 114 valence electrons. The number of aliphatic hydroxyl groups is 1. The summed E-state index contributed by atoms with van der Waals surface area (Å²) in [4.78, 5) is 17.6. The molecule has 1 saturated heterocycles. The molecule has 2 fully saturated rings. The molecule has 2 N–H and O–H groups in total. The van der Waals surface area contributed by atoms with Crippen LogP contribution in [0.1, 0.15) is 43.6 Å². The van der Waals surface area contributed by atoms with Gasteiger partial charge in [0.05, 0.1) is 5.60 Å². The number of rotatable bonds is 4. The molecule has 0 amide bonds. The van der Waals surface area contributed by atoms with E-state index in [9.17, 15) is 15.0 Å². The number of hydrogen-bond donors (Lipinski definition) is 2. The third-order valence-electron chi connectivity index (χ3n) is 5.03. The van der Waals surface area contributed by atoms with E-state index in [4.69, 9.17) is 0 Å². The average Bonchev–Trinajstić information content (AvgIpc) is 2.47. The molecule has 1 aromatic rings. The fraction of sp³-hybridized carbons (Fsp3) is 0.625. The Bertz CT molecular complexity index is 494. The van der Waals surface area contributed by atoms with Crippen LogP contribution in [0, 0.1) is 0 Å². The molecule has 0 bridgehead atoms. The second-order valence-corrected chi connectivity index (χ2v) is 6.29. The molecule has 5 nitrogen and oxygen atoms in total. The Balaban J connectivity index is 1.65. The monoisotopic (exact) mass is 290 g/mol. The maximum atomic E-state index is 11.6. The number of nitrogens with zero attached hydrogens (tertiary/aromatic N) is 2. The quantitative estimate of drug-likeness (QED) is 0.881. The first-order valence-electron chi connectivity index (χ1n) is 7.69. The molecule has 3 rings (SSSR count). The van der Waals surface area contributed by atoms with E-state index in [-0.39, 0.29) is 0 Å². The van der Waals surface area contributed by atoms with Gasteiger partial charge < -0.3 is 10.2 Å². The molecule has 1 aromatic heterocycles. The number of piperidine rings is 1. The predicted octanol–water partition coefficient (Wildman–Crippen LogP) is 1.63. The number of carboxylic acids is 1. The van der Waals surface area contributed by atoms with Crippen LogP contribution < -0.4 is 0 Å². The first-order chi connectivity index (χ1) is 10.1. The Morgan fingerprint density at radius 2 is 1.90 bits per heavy atom. The van der Waals surface area contributed by atoms with Gasteiger partial charge in [-0.1, -0.05) is 0 Å². The van der Waals surface area contributed by atoms with E-state index in [2.05, 4.69) is 4.98 Å². The summed E-state index contributed by atoms with van der Waals surface area (Å²) in [7, 11) is 0. The average molecular weight is 290 g/mol. The van der Waals surface area contributed by atoms with E-state index in [1.165, 1.54) is 5.56 Å². The lowest BCUT2D eigenvalue weighted by Crippen LogP contribution is -2.61. The second-order valence-electron chi connectivity index (χ2n) is 6.29. The fourth-order valence-electron chi connectivity index (χ4n) is 3.66. The Morgan fingerprint density at radius 3 is 2.38 bits per heavy atom. The van der Waals surface area contributed by atoms with Crippen molar-refractivity contribution in [1.29, 1.82) is 0 Å². The third kappa shape index (κ3) is 2.80. The van der Waals surface area contributed by atoms with Gasteiger partial charge in [0.2, 0.25) is 0 Å². The van der Waals surface area contributed by atoms with Crippen molar-refractivity contribution in [3.63, 3.8) is 0 Å². The molecule has 1 aliphatic carbocycles. The Kier molecular flexibility index (Phi) is 3.95. The molecular formula is C16H22N2O3. The molecule has 0 spiro atoms. The third-order valence-corrected chi connectivity index (χ3v) is 5.03. The topological polar surface area (TPSA) is 73.7 Å². The van der Waals surface area contributed by atoms with Gasteiger partial charge in [-0.15, -0.1) is 0 Å². The molecule has 1 unspecified atom stereocenters. The summed E-state index contributed by atoms with van der Waals surface area (Å²) in [5.41, 5.74) is 0.258. The molecule has 0 radical (unpaired) electrons. The summed E-state index contributed by atoms with van der Waals surface area (Å²) < 4.78 is 0. The summed E-state index contributed by atoms with van der Waals surface area (Å²) >= 11 is 0. The minimum atomic E-state index is -1.02. The highest BCUT2D eigenvalue weighted by Gasteiger charge is 2.49. The molecule has 21 heavy (non-hydrogen) atoms. The van der Waals surface area contributed by atoms with Crippen LogP contribution in [-0.2, 0) is 4.79 Å². The summed E-state index contributed by atoms with van der Waals surface area (Å²) in [6, 6.07) is 3.33. The van der Waals surface area contributed by atoms with Crippen molar-refractivity contribution in [1.82, 2.24) is 9.88 Å². The van der Waals surface area contributed by atoms with Gasteiger partial charge in [0.25, 0.3) is 0 Å². The van der Waals surface area contributed by atoms with E-state index in [1.807, 2.05) is 17.0 Å². The first-order valence-corrected chi connectivity index (χ1v) is 7.69. The van der Waals surface area contributed by atoms with Crippen LogP contribution in [0.4, 0.5) is 0 Å². The number of aliphatic carboxylic acids is 1. The molecule has 2 heterocycles. The van der Waals surface area contributed by atoms with Crippen molar-refractivity contribution in [3.05, 3.63) is 30.1 Å². The van der Waals surface area contributed by atoms with Gasteiger partial charge in [0, 0.05) is 12.4 Å². The SMILES string of the molecule is O=C(O)C(N1CCC(c2ccncc2)CC1)C1(O)CCC1. The van der Waals surface area contributed by atoms with Crippen molar-refractivity contribution in [2.75, 3.05) is 13.1 Å². The highest BCUT2D eigenvalue weighted by atomic mass is 16.4. The molecule has 1 saturated carbocycles. The van der Waals surface area contributed by atoms with Gasteiger partial charge in [-0.05, 0) is 68.8 Å². The zero-order valence-corrected chi connectivity index (χ0v) is 12.1. The van der Waals surface area contributed by atoms with Gasteiger partial charge in [-0.2, -0.15) is 0 Å². The van der Waals surface area contributed by atoms with Crippen molar-refractivity contribution in [2.24, 2.45) is 0 Å². The number of carbonyl (C=O) groups is 1. The highest BCUT2D eigenvalue weighted by molar-refractivity contribution is 5.75. The van der Waals surface area contributed by atoms with E-state index < -0.39 is 17.6 Å². The summed E-state index contributed by atoms with van der Waals surface area (Å²) in [5, 5.41) is 19.9. The van der Waals surface area contributed by atoms with Crippen molar-refractivity contribution < 1.29 is 15.0 Å². The lowest BCUT2D eigenvalue weighted by Gasteiger charge is -2.47. The van der Waals surface area contributed by atoms with Gasteiger partial charge in [0.1, 0.15) is 6.04 Å². The fourth-order valence-corrected chi connectivity index (χ4v) is 3.66. The number of likely N-dealkylation sites (tertiary alicyclic amines) is 1. The van der Waals surface area contributed by atoms with E-state index in [0.717, 1.165) is 32.4 Å². The number of pyridine rings is 1. The molecule has 1 atom stereocenters. The second kappa shape index (κ2) is 5.73. The van der Waals surface area contributed by atoms with E-state index in [0.29, 0.717) is 18.8 Å². The number of carboxylic acid groups (broad SMARTS) is 1. The zero-order chi connectivity index (χ0) is 14.9. The summed E-state index contributed by atoms with van der Waals surface area (Å²) in [6.07, 6.45) is 7.61. The van der Waals surface area contributed by atoms with Crippen LogP contribution in [0.25, 0.3) is 0 Å². The summed E-state index contributed by atoms with van der Waals surface area (Å²) in [6.45, 7) is 1.46. The smallest absolute Gasteiger partial charge is 0.323 e. The van der Waals surface area contributed by atoms with Gasteiger partial charge in [0.15, 0.2) is 0 Å².